The van der Waals surface area contributed by atoms with Gasteiger partial charge in [-0.05, 0) is 44.0 Å². The molecular weight excluding hydrogens is 316 g/mol. The lowest BCUT2D eigenvalue weighted by Crippen LogP contribution is -2.21. The Hall–Kier alpha value is -3.08. The van der Waals surface area contributed by atoms with Crippen LogP contribution in [0.2, 0.25) is 0 Å². The number of rotatable bonds is 4. The topological polar surface area (TPSA) is 67.4 Å². The van der Waals surface area contributed by atoms with Crippen molar-refractivity contribution < 1.29 is 14.3 Å². The van der Waals surface area contributed by atoms with E-state index in [4.69, 9.17) is 4.74 Å². The zero-order valence-corrected chi connectivity index (χ0v) is 14.0. The molecule has 3 rings (SSSR count). The average Bonchev–Trinajstić information content (AvgIpc) is 2.64. The molecule has 128 valence electrons. The maximum atomic E-state index is 12.5. The van der Waals surface area contributed by atoms with Gasteiger partial charge in [-0.2, -0.15) is 0 Å². The van der Waals surface area contributed by atoms with Crippen LogP contribution in [0.15, 0.2) is 65.9 Å². The van der Waals surface area contributed by atoms with Crippen molar-refractivity contribution in [3.8, 4) is 0 Å². The maximum Gasteiger partial charge on any atom is 0.255 e. The molecule has 2 amide bonds. The number of benzene rings is 2. The predicted molar refractivity (Wildman–Crippen MR) is 97.4 cm³/mol. The molecule has 0 aromatic heterocycles. The highest BCUT2D eigenvalue weighted by atomic mass is 16.5. The lowest BCUT2D eigenvalue weighted by atomic mass is 10.1. The molecule has 5 nitrogen and oxygen atoms in total. The van der Waals surface area contributed by atoms with E-state index >= 15 is 0 Å². The minimum atomic E-state index is -0.223. The first-order valence-electron chi connectivity index (χ1n) is 8.24. The summed E-state index contributed by atoms with van der Waals surface area (Å²) in [7, 11) is 0. The average molecular weight is 336 g/mol. The van der Waals surface area contributed by atoms with Gasteiger partial charge in [0.1, 0.15) is 5.76 Å². The molecule has 1 aliphatic heterocycles. The van der Waals surface area contributed by atoms with Gasteiger partial charge in [-0.25, -0.2) is 0 Å². The molecule has 25 heavy (non-hydrogen) atoms. The number of ether oxygens (including phenoxy) is 1. The van der Waals surface area contributed by atoms with Gasteiger partial charge < -0.3 is 15.4 Å². The van der Waals surface area contributed by atoms with Gasteiger partial charge >= 0.3 is 0 Å². The second kappa shape index (κ2) is 7.66. The number of hydrogen-bond acceptors (Lipinski definition) is 3. The molecule has 2 aromatic carbocycles. The number of carbonyl (C=O) groups is 2. The number of anilines is 2. The number of carbonyl (C=O) groups excluding carboxylic acids is 2. The van der Waals surface area contributed by atoms with Crippen LogP contribution >= 0.6 is 0 Å². The highest BCUT2D eigenvalue weighted by Crippen LogP contribution is 2.25. The Bertz CT molecular complexity index is 813. The number of para-hydroxylation sites is 2. The summed E-state index contributed by atoms with van der Waals surface area (Å²) in [5.74, 6) is 0.242. The monoisotopic (exact) mass is 336 g/mol. The predicted octanol–water partition coefficient (Wildman–Crippen LogP) is 3.96. The third-order valence-corrected chi connectivity index (χ3v) is 4.05. The first-order valence-corrected chi connectivity index (χ1v) is 8.24. The summed E-state index contributed by atoms with van der Waals surface area (Å²) < 4.78 is 5.45. The quantitative estimate of drug-likeness (QED) is 0.888. The van der Waals surface area contributed by atoms with Crippen LogP contribution in [-0.4, -0.2) is 18.4 Å². The van der Waals surface area contributed by atoms with E-state index in [9.17, 15) is 9.59 Å². The third kappa shape index (κ3) is 4.07. The Morgan fingerprint density at radius 1 is 0.880 bits per heavy atom. The highest BCUT2D eigenvalue weighted by molar-refractivity contribution is 6.09. The van der Waals surface area contributed by atoms with Crippen LogP contribution in [-0.2, 0) is 9.53 Å². The molecule has 5 heteroatoms. The molecule has 0 spiro atoms. The summed E-state index contributed by atoms with van der Waals surface area (Å²) in [6.07, 6.45) is 1.52. The second-order valence-corrected chi connectivity index (χ2v) is 5.81. The summed E-state index contributed by atoms with van der Waals surface area (Å²) in [5, 5.41) is 5.72. The molecule has 0 atom stereocenters. The van der Waals surface area contributed by atoms with Gasteiger partial charge in [-0.15, -0.1) is 0 Å². The minimum absolute atomic E-state index is 0.196. The fraction of sp³-hybridized carbons (Fsp3) is 0.200. The van der Waals surface area contributed by atoms with E-state index in [0.717, 1.165) is 6.42 Å². The Labute approximate surface area is 146 Å². The van der Waals surface area contributed by atoms with E-state index in [1.54, 1.807) is 43.3 Å². The Balaban J connectivity index is 1.77. The molecule has 0 radical (unpaired) electrons. The van der Waals surface area contributed by atoms with Crippen LogP contribution in [0.1, 0.15) is 30.1 Å². The Kier molecular flexibility index (Phi) is 5.14. The van der Waals surface area contributed by atoms with E-state index in [0.29, 0.717) is 41.3 Å². The van der Waals surface area contributed by atoms with Crippen molar-refractivity contribution >= 4 is 23.2 Å². The zero-order valence-electron chi connectivity index (χ0n) is 14.0. The number of nitrogens with one attached hydrogen (secondary N) is 2. The van der Waals surface area contributed by atoms with E-state index in [-0.39, 0.29) is 11.8 Å². The van der Waals surface area contributed by atoms with Crippen molar-refractivity contribution in [2.24, 2.45) is 0 Å². The molecule has 0 saturated heterocycles. The zero-order chi connectivity index (χ0) is 17.6. The van der Waals surface area contributed by atoms with Crippen molar-refractivity contribution in [3.63, 3.8) is 0 Å². The summed E-state index contributed by atoms with van der Waals surface area (Å²) in [4.78, 5) is 24.9. The van der Waals surface area contributed by atoms with Crippen LogP contribution in [0.3, 0.4) is 0 Å². The van der Waals surface area contributed by atoms with E-state index in [1.165, 1.54) is 0 Å². The van der Waals surface area contributed by atoms with E-state index < -0.39 is 0 Å². The standard InChI is InChI=1S/C20H20N2O3/c1-14-16(10-7-13-25-14)20(24)22-18-12-6-5-11-17(18)21-19(23)15-8-3-2-4-9-15/h2-6,8-9,11-12H,7,10,13H2,1H3,(H,21,23)(H,22,24). The molecule has 0 bridgehead atoms. The van der Waals surface area contributed by atoms with E-state index in [1.807, 2.05) is 18.2 Å². The minimum Gasteiger partial charge on any atom is -0.498 e. The van der Waals surface area contributed by atoms with Gasteiger partial charge in [-0.3, -0.25) is 9.59 Å². The molecule has 0 aliphatic carbocycles. The largest absolute Gasteiger partial charge is 0.498 e. The van der Waals surface area contributed by atoms with Gasteiger partial charge in [-0.1, -0.05) is 30.3 Å². The summed E-state index contributed by atoms with van der Waals surface area (Å²) >= 11 is 0. The molecule has 0 fully saturated rings. The Morgan fingerprint density at radius 3 is 2.12 bits per heavy atom. The molecule has 2 N–H and O–H groups in total. The fourth-order valence-electron chi connectivity index (χ4n) is 2.69. The van der Waals surface area contributed by atoms with Crippen LogP contribution < -0.4 is 10.6 Å². The van der Waals surface area contributed by atoms with Crippen LogP contribution in [0.4, 0.5) is 11.4 Å². The summed E-state index contributed by atoms with van der Waals surface area (Å²) in [6.45, 7) is 2.45. The second-order valence-electron chi connectivity index (χ2n) is 5.81. The normalized spacial score (nSPS) is 13.8. The first-order chi connectivity index (χ1) is 12.1. The SMILES string of the molecule is CC1=C(C(=O)Nc2ccccc2NC(=O)c2ccccc2)CCCO1. The van der Waals surface area contributed by atoms with Crippen LogP contribution in [0.5, 0.6) is 0 Å². The maximum absolute atomic E-state index is 12.5. The number of allylic oxidation sites excluding steroid dienone is 1. The lowest BCUT2D eigenvalue weighted by Gasteiger charge is -2.19. The molecule has 0 saturated carbocycles. The van der Waals surface area contributed by atoms with Gasteiger partial charge in [0.2, 0.25) is 0 Å². The number of hydrogen-bond donors (Lipinski definition) is 2. The van der Waals surface area contributed by atoms with Gasteiger partial charge in [0.05, 0.1) is 23.6 Å². The van der Waals surface area contributed by atoms with Crippen molar-refractivity contribution in [3.05, 3.63) is 71.5 Å². The van der Waals surface area contributed by atoms with Crippen molar-refractivity contribution in [2.45, 2.75) is 19.8 Å². The number of amides is 2. The van der Waals surface area contributed by atoms with Crippen LogP contribution in [0, 0.1) is 0 Å². The molecule has 2 aromatic rings. The van der Waals surface area contributed by atoms with Crippen molar-refractivity contribution in [1.82, 2.24) is 0 Å². The third-order valence-electron chi connectivity index (χ3n) is 4.05. The molecule has 0 unspecified atom stereocenters. The summed E-state index contributed by atoms with van der Waals surface area (Å²) in [5.41, 5.74) is 2.32. The van der Waals surface area contributed by atoms with Gasteiger partial charge in [0.15, 0.2) is 0 Å². The first kappa shape index (κ1) is 16.8. The molecule has 1 aliphatic rings. The van der Waals surface area contributed by atoms with Gasteiger partial charge in [0.25, 0.3) is 11.8 Å². The van der Waals surface area contributed by atoms with Crippen LogP contribution in [0.25, 0.3) is 0 Å². The Morgan fingerprint density at radius 2 is 1.48 bits per heavy atom. The highest BCUT2D eigenvalue weighted by Gasteiger charge is 2.19. The van der Waals surface area contributed by atoms with E-state index in [2.05, 4.69) is 10.6 Å². The molecular formula is C20H20N2O3. The van der Waals surface area contributed by atoms with Crippen molar-refractivity contribution in [1.29, 1.82) is 0 Å². The summed E-state index contributed by atoms with van der Waals surface area (Å²) in [6, 6.07) is 16.1. The molecule has 1 heterocycles. The fourth-order valence-corrected chi connectivity index (χ4v) is 2.69. The van der Waals surface area contributed by atoms with Crippen molar-refractivity contribution in [2.75, 3.05) is 17.2 Å². The lowest BCUT2D eigenvalue weighted by molar-refractivity contribution is -0.113. The smallest absolute Gasteiger partial charge is 0.255 e. The van der Waals surface area contributed by atoms with Gasteiger partial charge in [0, 0.05) is 5.56 Å².